The van der Waals surface area contributed by atoms with Gasteiger partial charge < -0.3 is 5.11 Å². The Labute approximate surface area is 162 Å². The molecule has 3 atom stereocenters. The second kappa shape index (κ2) is 8.04. The molecule has 5 heteroatoms. The Hall–Kier alpha value is -1.14. The van der Waals surface area contributed by atoms with E-state index >= 15 is 0 Å². The maximum atomic E-state index is 10.00. The largest absolute Gasteiger partial charge is 0.508 e. The molecule has 1 saturated heterocycles. The number of phenolic OH excluding ortho intramolecular Hbond substituents is 1. The van der Waals surface area contributed by atoms with Gasteiger partial charge in [-0.15, -0.1) is 17.9 Å². The van der Waals surface area contributed by atoms with Crippen molar-refractivity contribution in [2.24, 2.45) is 0 Å². The number of hydrogen-bond acceptors (Lipinski definition) is 4. The van der Waals surface area contributed by atoms with Crippen LogP contribution in [0.3, 0.4) is 0 Å². The quantitative estimate of drug-likeness (QED) is 0.697. The molecule has 3 rings (SSSR count). The monoisotopic (exact) mass is 420 g/mol. The minimum Gasteiger partial charge on any atom is -0.508 e. The lowest BCUT2D eigenvalue weighted by molar-refractivity contribution is 0.0315. The van der Waals surface area contributed by atoms with Crippen LogP contribution in [-0.2, 0) is 0 Å². The summed E-state index contributed by atoms with van der Waals surface area (Å²) in [5, 5.41) is 12.1. The van der Waals surface area contributed by atoms with Crippen molar-refractivity contribution < 1.29 is 5.11 Å². The number of rotatable bonds is 5. The van der Waals surface area contributed by atoms with E-state index in [9.17, 15) is 5.11 Å². The van der Waals surface area contributed by atoms with Crippen molar-refractivity contribution in [2.75, 3.05) is 19.6 Å². The lowest BCUT2D eigenvalue weighted by Crippen LogP contribution is -2.57. The van der Waals surface area contributed by atoms with Gasteiger partial charge in [0.25, 0.3) is 0 Å². The highest BCUT2D eigenvalue weighted by molar-refractivity contribution is 9.10. The molecule has 0 amide bonds. The maximum Gasteiger partial charge on any atom is 0.115 e. The molecule has 1 aromatic heterocycles. The van der Waals surface area contributed by atoms with Crippen LogP contribution in [0.5, 0.6) is 5.75 Å². The predicted molar refractivity (Wildman–Crippen MR) is 109 cm³/mol. The van der Waals surface area contributed by atoms with Crippen molar-refractivity contribution in [2.45, 2.75) is 32.0 Å². The van der Waals surface area contributed by atoms with Gasteiger partial charge in [-0.3, -0.25) is 9.80 Å². The van der Waals surface area contributed by atoms with E-state index < -0.39 is 0 Å². The summed E-state index contributed by atoms with van der Waals surface area (Å²) in [7, 11) is 0. The van der Waals surface area contributed by atoms with Crippen molar-refractivity contribution in [3.8, 4) is 5.75 Å². The van der Waals surface area contributed by atoms with E-state index in [1.54, 1.807) is 17.4 Å². The number of hydrogen-bond donors (Lipinski definition) is 1. The Kier molecular flexibility index (Phi) is 6.00. The normalized spacial score (nSPS) is 23.5. The summed E-state index contributed by atoms with van der Waals surface area (Å²) < 4.78 is 1.11. The summed E-state index contributed by atoms with van der Waals surface area (Å²) in [6, 6.07) is 10.9. The number of aromatic hydroxyl groups is 1. The SMILES string of the molecule is C=CCN1C[C@@H](C)N([C@H](c2cccc(O)c2)c2cc(Br)cs2)C[C@@H]1C. The first kappa shape index (κ1) is 18.6. The van der Waals surface area contributed by atoms with Gasteiger partial charge in [-0.2, -0.15) is 0 Å². The van der Waals surface area contributed by atoms with Crippen LogP contribution in [0.15, 0.2) is 52.8 Å². The summed E-state index contributed by atoms with van der Waals surface area (Å²) in [4.78, 5) is 6.35. The molecule has 0 unspecified atom stereocenters. The van der Waals surface area contributed by atoms with Gasteiger partial charge in [0.1, 0.15) is 5.75 Å². The van der Waals surface area contributed by atoms with Crippen molar-refractivity contribution >= 4 is 27.3 Å². The summed E-state index contributed by atoms with van der Waals surface area (Å²) in [6.45, 7) is 11.4. The molecular weight excluding hydrogens is 396 g/mol. The Morgan fingerprint density at radius 1 is 1.32 bits per heavy atom. The maximum absolute atomic E-state index is 10.00. The average Bonchev–Trinajstić information content (AvgIpc) is 2.98. The topological polar surface area (TPSA) is 26.7 Å². The molecule has 2 heterocycles. The molecule has 25 heavy (non-hydrogen) atoms. The standard InChI is InChI=1S/C20H25BrN2OS/c1-4-8-22-11-15(3)23(12-14(22)2)20(19-10-17(21)13-25-19)16-6-5-7-18(24)9-16/h4-7,9-10,13-15,20,24H,1,8,11-12H2,2-3H3/t14-,15+,20+/m0/s1. The molecule has 3 nitrogen and oxygen atoms in total. The minimum atomic E-state index is 0.159. The number of piperazine rings is 1. The van der Waals surface area contributed by atoms with Crippen molar-refractivity contribution in [3.05, 3.63) is 63.3 Å². The highest BCUT2D eigenvalue weighted by Crippen LogP contribution is 2.38. The van der Waals surface area contributed by atoms with E-state index in [1.807, 2.05) is 18.2 Å². The zero-order chi connectivity index (χ0) is 18.0. The van der Waals surface area contributed by atoms with Crippen LogP contribution in [0.1, 0.15) is 30.3 Å². The number of halogens is 1. The van der Waals surface area contributed by atoms with Gasteiger partial charge in [-0.05, 0) is 53.5 Å². The summed E-state index contributed by atoms with van der Waals surface area (Å²) >= 11 is 5.36. The highest BCUT2D eigenvalue weighted by atomic mass is 79.9. The molecule has 0 saturated carbocycles. The number of benzene rings is 1. The zero-order valence-corrected chi connectivity index (χ0v) is 17.1. The molecule has 1 aromatic carbocycles. The number of nitrogens with zero attached hydrogens (tertiary/aromatic N) is 2. The first-order valence-electron chi connectivity index (χ1n) is 8.63. The fourth-order valence-electron chi connectivity index (χ4n) is 3.69. The van der Waals surface area contributed by atoms with Gasteiger partial charge in [0.05, 0.1) is 6.04 Å². The molecule has 134 valence electrons. The average molecular weight is 421 g/mol. The summed E-state index contributed by atoms with van der Waals surface area (Å²) in [5.41, 5.74) is 1.14. The molecule has 1 fully saturated rings. The molecule has 1 aliphatic heterocycles. The molecule has 1 N–H and O–H groups in total. The lowest BCUT2D eigenvalue weighted by atomic mass is 9.98. The molecule has 2 aromatic rings. The first-order valence-corrected chi connectivity index (χ1v) is 10.3. The molecule has 1 aliphatic rings. The van der Waals surface area contributed by atoms with Gasteiger partial charge in [-0.25, -0.2) is 0 Å². The number of thiophene rings is 1. The smallest absolute Gasteiger partial charge is 0.115 e. The van der Waals surface area contributed by atoms with Crippen LogP contribution in [0.4, 0.5) is 0 Å². The Bertz CT molecular complexity index is 732. The molecule has 0 bridgehead atoms. The Morgan fingerprint density at radius 2 is 2.12 bits per heavy atom. The predicted octanol–water partition coefficient (Wildman–Crippen LogP) is 4.89. The second-order valence-corrected chi connectivity index (χ2v) is 8.66. The first-order chi connectivity index (χ1) is 12.0. The van der Waals surface area contributed by atoms with Crippen LogP contribution in [0.2, 0.25) is 0 Å². The molecular formula is C20H25BrN2OS. The zero-order valence-electron chi connectivity index (χ0n) is 14.7. The van der Waals surface area contributed by atoms with Crippen LogP contribution < -0.4 is 0 Å². The third-order valence-corrected chi connectivity index (χ3v) is 6.65. The van der Waals surface area contributed by atoms with Crippen LogP contribution >= 0.6 is 27.3 Å². The van der Waals surface area contributed by atoms with E-state index in [0.717, 1.165) is 29.7 Å². The number of phenols is 1. The van der Waals surface area contributed by atoms with Crippen molar-refractivity contribution in [1.82, 2.24) is 9.80 Å². The van der Waals surface area contributed by atoms with Gasteiger partial charge in [0, 0.05) is 46.4 Å². The van der Waals surface area contributed by atoms with Gasteiger partial charge in [0.2, 0.25) is 0 Å². The van der Waals surface area contributed by atoms with Crippen LogP contribution in [-0.4, -0.2) is 46.6 Å². The van der Waals surface area contributed by atoms with E-state index in [4.69, 9.17) is 0 Å². The Morgan fingerprint density at radius 3 is 2.76 bits per heavy atom. The summed E-state index contributed by atoms with van der Waals surface area (Å²) in [5.74, 6) is 0.323. The van der Waals surface area contributed by atoms with Gasteiger partial charge in [-0.1, -0.05) is 18.2 Å². The Balaban J connectivity index is 1.96. The van der Waals surface area contributed by atoms with Gasteiger partial charge in [0.15, 0.2) is 0 Å². The molecule has 0 spiro atoms. The summed E-state index contributed by atoms with van der Waals surface area (Å²) in [6.07, 6.45) is 1.99. The van der Waals surface area contributed by atoms with Crippen LogP contribution in [0.25, 0.3) is 0 Å². The molecule has 0 aliphatic carbocycles. The van der Waals surface area contributed by atoms with E-state index in [-0.39, 0.29) is 6.04 Å². The van der Waals surface area contributed by atoms with Crippen LogP contribution in [0, 0.1) is 0 Å². The van der Waals surface area contributed by atoms with E-state index in [1.165, 1.54) is 4.88 Å². The third-order valence-electron chi connectivity index (χ3n) is 4.90. The minimum absolute atomic E-state index is 0.159. The second-order valence-electron chi connectivity index (χ2n) is 6.80. The van der Waals surface area contributed by atoms with E-state index in [2.05, 4.69) is 63.7 Å². The van der Waals surface area contributed by atoms with Crippen molar-refractivity contribution in [1.29, 1.82) is 0 Å². The van der Waals surface area contributed by atoms with E-state index in [0.29, 0.717) is 17.8 Å². The fourth-order valence-corrected chi connectivity index (χ4v) is 5.28. The fraction of sp³-hybridized carbons (Fsp3) is 0.400. The lowest BCUT2D eigenvalue weighted by Gasteiger charge is -2.47. The third kappa shape index (κ3) is 4.17. The molecule has 0 radical (unpaired) electrons. The van der Waals surface area contributed by atoms with Crippen molar-refractivity contribution in [3.63, 3.8) is 0 Å². The van der Waals surface area contributed by atoms with Gasteiger partial charge >= 0.3 is 0 Å². The highest BCUT2D eigenvalue weighted by Gasteiger charge is 2.35.